The van der Waals surface area contributed by atoms with E-state index < -0.39 is 0 Å². The summed E-state index contributed by atoms with van der Waals surface area (Å²) in [5, 5.41) is 5.20. The highest BCUT2D eigenvalue weighted by Gasteiger charge is 2.10. The lowest BCUT2D eigenvalue weighted by Gasteiger charge is -2.07. The van der Waals surface area contributed by atoms with Crippen molar-refractivity contribution in [1.29, 1.82) is 0 Å². The number of thiazole rings is 1. The zero-order valence-corrected chi connectivity index (χ0v) is 18.3. The molecule has 0 spiro atoms. The normalized spacial score (nSPS) is 10.6. The number of benzene rings is 2. The van der Waals surface area contributed by atoms with Crippen molar-refractivity contribution in [2.45, 2.75) is 16.5 Å². The van der Waals surface area contributed by atoms with Gasteiger partial charge in [0.1, 0.15) is 10.1 Å². The Morgan fingerprint density at radius 2 is 2.07 bits per heavy atom. The Kier molecular flexibility index (Phi) is 7.18. The Morgan fingerprint density at radius 3 is 2.78 bits per heavy atom. The summed E-state index contributed by atoms with van der Waals surface area (Å²) in [4.78, 5) is 16.8. The highest BCUT2D eigenvalue weighted by atomic mass is 79.9. The molecule has 1 aromatic heterocycles. The van der Waals surface area contributed by atoms with Gasteiger partial charge in [-0.3, -0.25) is 4.79 Å². The molecule has 3 rings (SSSR count). The minimum absolute atomic E-state index is 0.133. The van der Waals surface area contributed by atoms with Crippen molar-refractivity contribution in [3.05, 3.63) is 68.6 Å². The fourth-order valence-corrected chi connectivity index (χ4v) is 4.60. The van der Waals surface area contributed by atoms with Crippen LogP contribution in [0.4, 0.5) is 5.69 Å². The number of carbonyl (C=O) groups excluding carboxylic acids is 1. The van der Waals surface area contributed by atoms with Gasteiger partial charge in [0.2, 0.25) is 5.91 Å². The number of nitrogens with zero attached hydrogens (tertiary/aromatic N) is 1. The van der Waals surface area contributed by atoms with E-state index in [2.05, 4.69) is 38.4 Å². The first-order valence-corrected chi connectivity index (χ1v) is 11.0. The molecular formula is C19H16BrClN2O2S2. The highest BCUT2D eigenvalue weighted by molar-refractivity contribution is 9.10. The van der Waals surface area contributed by atoms with E-state index in [1.165, 1.54) is 5.56 Å². The quantitative estimate of drug-likeness (QED) is 0.416. The largest absolute Gasteiger partial charge is 0.495 e. The Balaban J connectivity index is 1.53. The van der Waals surface area contributed by atoms with Crippen molar-refractivity contribution in [3.63, 3.8) is 0 Å². The summed E-state index contributed by atoms with van der Waals surface area (Å²) in [6, 6.07) is 13.4. The smallest absolute Gasteiger partial charge is 0.230 e. The number of nitrogens with one attached hydrogen (secondary N) is 1. The summed E-state index contributed by atoms with van der Waals surface area (Å²) in [6.45, 7) is 0. The molecule has 1 heterocycles. The van der Waals surface area contributed by atoms with Gasteiger partial charge in [-0.05, 0) is 35.9 Å². The van der Waals surface area contributed by atoms with Crippen LogP contribution in [0.5, 0.6) is 5.75 Å². The Hall–Kier alpha value is -1.54. The Morgan fingerprint density at radius 1 is 1.30 bits per heavy atom. The van der Waals surface area contributed by atoms with Crippen LogP contribution in [0.1, 0.15) is 11.3 Å². The number of anilines is 1. The zero-order chi connectivity index (χ0) is 19.2. The molecule has 0 saturated carbocycles. The Labute approximate surface area is 179 Å². The maximum Gasteiger partial charge on any atom is 0.230 e. The van der Waals surface area contributed by atoms with E-state index >= 15 is 0 Å². The zero-order valence-electron chi connectivity index (χ0n) is 14.4. The van der Waals surface area contributed by atoms with E-state index in [1.807, 2.05) is 17.5 Å². The lowest BCUT2D eigenvalue weighted by molar-refractivity contribution is -0.115. The van der Waals surface area contributed by atoms with Crippen LogP contribution < -0.4 is 10.1 Å². The molecular weight excluding hydrogens is 468 g/mol. The lowest BCUT2D eigenvalue weighted by Crippen LogP contribution is -2.14. The SMILES string of the molecule is COc1ccc(NC(=O)Cc2csc(SCc3ccc(Br)cc3)n2)cc1Cl. The summed E-state index contributed by atoms with van der Waals surface area (Å²) < 4.78 is 7.12. The average molecular weight is 484 g/mol. The number of aromatic nitrogens is 1. The number of ether oxygens (including phenoxy) is 1. The molecule has 1 amide bonds. The maximum absolute atomic E-state index is 12.2. The number of thioether (sulfide) groups is 1. The number of rotatable bonds is 7. The average Bonchev–Trinajstić information content (AvgIpc) is 3.08. The molecule has 0 aliphatic rings. The lowest BCUT2D eigenvalue weighted by atomic mass is 10.2. The van der Waals surface area contributed by atoms with Gasteiger partial charge in [0.15, 0.2) is 0 Å². The molecule has 8 heteroatoms. The van der Waals surface area contributed by atoms with Gasteiger partial charge in [0.25, 0.3) is 0 Å². The highest BCUT2D eigenvalue weighted by Crippen LogP contribution is 2.28. The van der Waals surface area contributed by atoms with Crippen LogP contribution in [-0.4, -0.2) is 18.0 Å². The molecule has 0 bridgehead atoms. The van der Waals surface area contributed by atoms with E-state index in [-0.39, 0.29) is 12.3 Å². The van der Waals surface area contributed by atoms with Gasteiger partial charge in [-0.15, -0.1) is 11.3 Å². The molecule has 27 heavy (non-hydrogen) atoms. The second-order valence-corrected chi connectivity index (χ2v) is 9.00. The van der Waals surface area contributed by atoms with Crippen molar-refractivity contribution in [2.75, 3.05) is 12.4 Å². The van der Waals surface area contributed by atoms with E-state index in [0.717, 1.165) is 20.3 Å². The molecule has 0 aliphatic heterocycles. The van der Waals surface area contributed by atoms with Gasteiger partial charge in [0.05, 0.1) is 24.2 Å². The molecule has 140 valence electrons. The van der Waals surface area contributed by atoms with Gasteiger partial charge < -0.3 is 10.1 Å². The molecule has 0 unspecified atom stereocenters. The van der Waals surface area contributed by atoms with Gasteiger partial charge in [0, 0.05) is 21.3 Å². The number of carbonyl (C=O) groups is 1. The van der Waals surface area contributed by atoms with Crippen LogP contribution in [0.2, 0.25) is 5.02 Å². The van der Waals surface area contributed by atoms with Crippen molar-refractivity contribution in [1.82, 2.24) is 4.98 Å². The molecule has 2 aromatic carbocycles. The van der Waals surface area contributed by atoms with Crippen molar-refractivity contribution in [2.24, 2.45) is 0 Å². The third-order valence-electron chi connectivity index (χ3n) is 3.58. The van der Waals surface area contributed by atoms with Crippen LogP contribution in [-0.2, 0) is 17.0 Å². The van der Waals surface area contributed by atoms with E-state index in [0.29, 0.717) is 16.5 Å². The topological polar surface area (TPSA) is 51.2 Å². The number of methoxy groups -OCH3 is 1. The third-order valence-corrected chi connectivity index (χ3v) is 6.55. The standard InChI is InChI=1S/C19H16BrClN2O2S2/c1-25-17-7-6-14(8-16(17)21)22-18(24)9-15-11-27-19(23-15)26-10-12-2-4-13(20)5-3-12/h2-8,11H,9-10H2,1H3,(H,22,24). The fourth-order valence-electron chi connectivity index (χ4n) is 2.28. The fraction of sp³-hybridized carbons (Fsp3) is 0.158. The molecule has 3 aromatic rings. The predicted molar refractivity (Wildman–Crippen MR) is 116 cm³/mol. The molecule has 0 aliphatic carbocycles. The van der Waals surface area contributed by atoms with Gasteiger partial charge in [-0.2, -0.15) is 0 Å². The van der Waals surface area contributed by atoms with E-state index in [1.54, 1.807) is 48.4 Å². The Bertz CT molecular complexity index is 932. The minimum Gasteiger partial charge on any atom is -0.495 e. The first kappa shape index (κ1) is 20.2. The van der Waals surface area contributed by atoms with Crippen LogP contribution in [0.25, 0.3) is 0 Å². The summed E-state index contributed by atoms with van der Waals surface area (Å²) in [6.07, 6.45) is 0.221. The second kappa shape index (κ2) is 9.59. The molecule has 1 N–H and O–H groups in total. The number of hydrogen-bond acceptors (Lipinski definition) is 5. The number of halogens is 2. The first-order valence-electron chi connectivity index (χ1n) is 7.98. The van der Waals surface area contributed by atoms with E-state index in [9.17, 15) is 4.79 Å². The number of amides is 1. The summed E-state index contributed by atoms with van der Waals surface area (Å²) in [7, 11) is 1.55. The van der Waals surface area contributed by atoms with Crippen LogP contribution in [0.15, 0.2) is 56.7 Å². The second-order valence-electron chi connectivity index (χ2n) is 5.59. The number of hydrogen-bond donors (Lipinski definition) is 1. The maximum atomic E-state index is 12.2. The monoisotopic (exact) mass is 482 g/mol. The molecule has 4 nitrogen and oxygen atoms in total. The molecule has 0 radical (unpaired) electrons. The van der Waals surface area contributed by atoms with E-state index in [4.69, 9.17) is 16.3 Å². The van der Waals surface area contributed by atoms with Gasteiger partial charge >= 0.3 is 0 Å². The third kappa shape index (κ3) is 5.97. The van der Waals surface area contributed by atoms with Crippen LogP contribution in [0.3, 0.4) is 0 Å². The summed E-state index contributed by atoms with van der Waals surface area (Å²) in [5.41, 5.74) is 2.62. The summed E-state index contributed by atoms with van der Waals surface area (Å²) in [5.74, 6) is 1.28. The molecule has 0 fully saturated rings. The van der Waals surface area contributed by atoms with Crippen molar-refractivity contribution < 1.29 is 9.53 Å². The summed E-state index contributed by atoms with van der Waals surface area (Å²) >= 11 is 12.7. The van der Waals surface area contributed by atoms with Crippen molar-refractivity contribution >= 4 is 62.2 Å². The van der Waals surface area contributed by atoms with Crippen molar-refractivity contribution in [3.8, 4) is 5.75 Å². The first-order chi connectivity index (χ1) is 13.0. The van der Waals surface area contributed by atoms with Crippen LogP contribution in [0, 0.1) is 0 Å². The van der Waals surface area contributed by atoms with Crippen LogP contribution >= 0.6 is 50.6 Å². The molecule has 0 saturated heterocycles. The predicted octanol–water partition coefficient (Wildman–Crippen LogP) is 6.04. The van der Waals surface area contributed by atoms with Gasteiger partial charge in [-0.1, -0.05) is 51.4 Å². The van der Waals surface area contributed by atoms with Gasteiger partial charge in [-0.25, -0.2) is 4.98 Å². The molecule has 0 atom stereocenters. The minimum atomic E-state index is -0.133.